The van der Waals surface area contributed by atoms with Gasteiger partial charge in [-0.15, -0.1) is 0 Å². The van der Waals surface area contributed by atoms with Crippen molar-refractivity contribution in [1.29, 1.82) is 0 Å². The van der Waals surface area contributed by atoms with Crippen molar-refractivity contribution >= 4 is 5.78 Å². The number of carbonyl (C=O) groups is 1. The van der Waals surface area contributed by atoms with Crippen LogP contribution >= 0.6 is 0 Å². The van der Waals surface area contributed by atoms with E-state index in [2.05, 4.69) is 10.3 Å². The highest BCUT2D eigenvalue weighted by Gasteiger charge is 2.31. The molecule has 4 nitrogen and oxygen atoms in total. The van der Waals surface area contributed by atoms with Crippen LogP contribution in [0.2, 0.25) is 0 Å². The van der Waals surface area contributed by atoms with E-state index in [-0.39, 0.29) is 23.8 Å². The van der Waals surface area contributed by atoms with E-state index in [4.69, 9.17) is 0 Å². The van der Waals surface area contributed by atoms with Crippen LogP contribution in [0, 0.1) is 11.6 Å². The Morgan fingerprint density at radius 2 is 2.17 bits per heavy atom. The van der Waals surface area contributed by atoms with Crippen molar-refractivity contribution in [3.63, 3.8) is 0 Å². The molecule has 1 heterocycles. The smallest absolute Gasteiger partial charge is 0.181 e. The number of ketones is 1. The minimum atomic E-state index is -0.949. The lowest BCUT2D eigenvalue weighted by molar-refractivity contribution is 0.0839. The molecule has 1 aromatic heterocycles. The first-order valence-corrected chi connectivity index (χ1v) is 7.40. The molecule has 2 N–H and O–H groups in total. The molecule has 0 fully saturated rings. The van der Waals surface area contributed by atoms with Gasteiger partial charge in [0.1, 0.15) is 23.6 Å². The Kier molecular flexibility index (Phi) is 4.45. The molecule has 120 valence electrons. The van der Waals surface area contributed by atoms with E-state index in [1.807, 2.05) is 0 Å². The molecule has 3 rings (SSSR count). The fourth-order valence-corrected chi connectivity index (χ4v) is 2.86. The Balaban J connectivity index is 1.73. The van der Waals surface area contributed by atoms with Gasteiger partial charge in [0.2, 0.25) is 0 Å². The Bertz CT molecular complexity index is 736. The van der Waals surface area contributed by atoms with Gasteiger partial charge in [0.15, 0.2) is 5.78 Å². The number of Topliss-reactive ketones (excluding diaryl/α,β-unsaturated/α-hetero) is 1. The molecule has 23 heavy (non-hydrogen) atoms. The monoisotopic (exact) mass is 318 g/mol. The van der Waals surface area contributed by atoms with Gasteiger partial charge in [-0.25, -0.2) is 8.78 Å². The minimum Gasteiger partial charge on any atom is -0.378 e. The number of carbonyl (C=O) groups excluding carboxylic acids is 1. The van der Waals surface area contributed by atoms with Crippen LogP contribution in [0.1, 0.15) is 40.4 Å². The van der Waals surface area contributed by atoms with Gasteiger partial charge in [0.05, 0.1) is 0 Å². The third kappa shape index (κ3) is 3.28. The van der Waals surface area contributed by atoms with Crippen LogP contribution in [-0.2, 0) is 6.54 Å². The second-order valence-corrected chi connectivity index (χ2v) is 5.57. The maximum atomic E-state index is 13.6. The number of pyridine rings is 1. The first-order valence-electron chi connectivity index (χ1n) is 7.40. The van der Waals surface area contributed by atoms with Crippen molar-refractivity contribution in [1.82, 2.24) is 10.3 Å². The van der Waals surface area contributed by atoms with Gasteiger partial charge in [0.25, 0.3) is 0 Å². The number of benzene rings is 1. The van der Waals surface area contributed by atoms with Gasteiger partial charge < -0.3 is 5.11 Å². The number of nitrogens with one attached hydrogen (secondary N) is 1. The van der Waals surface area contributed by atoms with E-state index < -0.39 is 17.9 Å². The molecule has 2 aromatic rings. The number of rotatable bonds is 4. The quantitative estimate of drug-likeness (QED) is 0.851. The van der Waals surface area contributed by atoms with Crippen LogP contribution in [0.5, 0.6) is 0 Å². The van der Waals surface area contributed by atoms with Crippen molar-refractivity contribution in [3.8, 4) is 0 Å². The Labute approximate surface area is 132 Å². The molecule has 0 bridgehead atoms. The van der Waals surface area contributed by atoms with Crippen LogP contribution in [0.15, 0.2) is 36.5 Å². The molecule has 1 aliphatic rings. The first-order chi connectivity index (χ1) is 11.1. The molecular formula is C17H16F2N2O2. The second kappa shape index (κ2) is 6.52. The molecule has 1 aromatic carbocycles. The molecule has 0 saturated carbocycles. The Hall–Kier alpha value is -2.18. The molecule has 0 saturated heterocycles. The summed E-state index contributed by atoms with van der Waals surface area (Å²) in [5.41, 5.74) is 1.35. The summed E-state index contributed by atoms with van der Waals surface area (Å²) < 4.78 is 26.5. The van der Waals surface area contributed by atoms with Gasteiger partial charge >= 0.3 is 0 Å². The average Bonchev–Trinajstić information content (AvgIpc) is 2.54. The zero-order valence-corrected chi connectivity index (χ0v) is 12.3. The fraction of sp³-hybridized carbons (Fsp3) is 0.294. The first kappa shape index (κ1) is 15.7. The van der Waals surface area contributed by atoms with E-state index >= 15 is 0 Å². The fourth-order valence-electron chi connectivity index (χ4n) is 2.86. The lowest BCUT2D eigenvalue weighted by Crippen LogP contribution is -2.37. The molecule has 0 spiro atoms. The topological polar surface area (TPSA) is 62.2 Å². The van der Waals surface area contributed by atoms with E-state index in [0.29, 0.717) is 24.1 Å². The van der Waals surface area contributed by atoms with Gasteiger partial charge in [0, 0.05) is 36.7 Å². The van der Waals surface area contributed by atoms with Crippen molar-refractivity contribution in [2.45, 2.75) is 31.5 Å². The summed E-state index contributed by atoms with van der Waals surface area (Å²) >= 11 is 0. The maximum Gasteiger partial charge on any atom is 0.181 e. The lowest BCUT2D eigenvalue weighted by Gasteiger charge is -2.28. The van der Waals surface area contributed by atoms with Gasteiger partial charge in [-0.1, -0.05) is 12.1 Å². The largest absolute Gasteiger partial charge is 0.378 e. The van der Waals surface area contributed by atoms with Gasteiger partial charge in [-0.3, -0.25) is 15.1 Å². The maximum absolute atomic E-state index is 13.6. The molecule has 0 radical (unpaired) electrons. The number of hydrogen-bond acceptors (Lipinski definition) is 4. The zero-order chi connectivity index (χ0) is 16.4. The summed E-state index contributed by atoms with van der Waals surface area (Å²) in [6, 6.07) is 6.81. The summed E-state index contributed by atoms with van der Waals surface area (Å²) in [4.78, 5) is 15.9. The standard InChI is InChI=1S/C17H16F2N2O2/c18-11-4-3-10(14(19)8-11)9-21-17(23)13-5-6-15(22)16-12(13)2-1-7-20-16/h1-4,7-8,13,17,21,23H,5-6,9H2. The van der Waals surface area contributed by atoms with Crippen molar-refractivity contribution in [2.75, 3.05) is 0 Å². The molecule has 1 aliphatic carbocycles. The summed E-state index contributed by atoms with van der Waals surface area (Å²) in [7, 11) is 0. The molecule has 0 aliphatic heterocycles. The number of aliphatic hydroxyl groups is 1. The third-order valence-corrected chi connectivity index (χ3v) is 4.08. The Morgan fingerprint density at radius 3 is 2.96 bits per heavy atom. The number of halogens is 2. The highest BCUT2D eigenvalue weighted by molar-refractivity contribution is 5.96. The normalized spacial score (nSPS) is 18.6. The SMILES string of the molecule is O=C1CCC(C(O)NCc2ccc(F)cc2F)c2cccnc21. The van der Waals surface area contributed by atoms with Crippen LogP contribution in [0.4, 0.5) is 8.78 Å². The molecular weight excluding hydrogens is 302 g/mol. The number of hydrogen-bond donors (Lipinski definition) is 2. The van der Waals surface area contributed by atoms with Crippen LogP contribution in [0.3, 0.4) is 0 Å². The number of aromatic nitrogens is 1. The highest BCUT2D eigenvalue weighted by Crippen LogP contribution is 2.32. The minimum absolute atomic E-state index is 0.0337. The lowest BCUT2D eigenvalue weighted by atomic mass is 9.83. The second-order valence-electron chi connectivity index (χ2n) is 5.57. The predicted octanol–water partition coefficient (Wildman–Crippen LogP) is 2.53. The van der Waals surface area contributed by atoms with Gasteiger partial charge in [-0.05, 0) is 24.1 Å². The van der Waals surface area contributed by atoms with E-state index in [1.54, 1.807) is 18.3 Å². The number of fused-ring (bicyclic) bond motifs is 1. The van der Waals surface area contributed by atoms with Crippen molar-refractivity contribution in [3.05, 3.63) is 65.0 Å². The summed E-state index contributed by atoms with van der Waals surface area (Å²) in [6.07, 6.45) is 1.42. The van der Waals surface area contributed by atoms with Crippen LogP contribution in [-0.4, -0.2) is 22.1 Å². The Morgan fingerprint density at radius 1 is 1.35 bits per heavy atom. The molecule has 2 unspecified atom stereocenters. The summed E-state index contributed by atoms with van der Waals surface area (Å²) in [5.74, 6) is -1.63. The van der Waals surface area contributed by atoms with Crippen molar-refractivity contribution in [2.24, 2.45) is 0 Å². The zero-order valence-electron chi connectivity index (χ0n) is 12.3. The highest BCUT2D eigenvalue weighted by atomic mass is 19.1. The third-order valence-electron chi connectivity index (χ3n) is 4.08. The number of aliphatic hydroxyl groups excluding tert-OH is 1. The van der Waals surface area contributed by atoms with E-state index in [1.165, 1.54) is 12.1 Å². The predicted molar refractivity (Wildman–Crippen MR) is 79.7 cm³/mol. The molecule has 0 amide bonds. The summed E-state index contributed by atoms with van der Waals surface area (Å²) in [5, 5.41) is 13.2. The number of nitrogens with zero attached hydrogens (tertiary/aromatic N) is 1. The van der Waals surface area contributed by atoms with Gasteiger partial charge in [-0.2, -0.15) is 0 Å². The van der Waals surface area contributed by atoms with E-state index in [9.17, 15) is 18.7 Å². The molecule has 2 atom stereocenters. The van der Waals surface area contributed by atoms with Crippen LogP contribution < -0.4 is 5.32 Å². The van der Waals surface area contributed by atoms with Crippen LogP contribution in [0.25, 0.3) is 0 Å². The van der Waals surface area contributed by atoms with E-state index in [0.717, 1.165) is 6.07 Å². The van der Waals surface area contributed by atoms with Crippen molar-refractivity contribution < 1.29 is 18.7 Å². The molecule has 6 heteroatoms. The average molecular weight is 318 g/mol. The summed E-state index contributed by atoms with van der Waals surface area (Å²) in [6.45, 7) is 0.0628.